The lowest BCUT2D eigenvalue weighted by molar-refractivity contribution is -0.119. The number of hydrogen-bond donors (Lipinski definition) is 0. The summed E-state index contributed by atoms with van der Waals surface area (Å²) in [5.74, 6) is 0.821. The fourth-order valence-corrected chi connectivity index (χ4v) is 2.52. The Kier molecular flexibility index (Phi) is 23.1. The Morgan fingerprint density at radius 3 is 1.43 bits per heavy atom. The monoisotopic (exact) mass is 327 g/mol. The van der Waals surface area contributed by atoms with Crippen LogP contribution in [0.3, 0.4) is 0 Å². The Morgan fingerprint density at radius 2 is 1.13 bits per heavy atom. The molecule has 1 rings (SSSR count). The standard InChI is InChI=1S/C9H20.C7H13NO.C5H12/c1-3-5-7-9-8-6-4-2;1-7-2-4-8(6-9)5-3-7;1-3-5-4-2/h3-9H2,1-2H3;6-7H,2-5H2,1H3;3-5H2,1-2H3. The molecule has 0 radical (unpaired) electrons. The molecule has 0 aromatic heterocycles. The number of carbonyl (C=O) groups is 1. The van der Waals surface area contributed by atoms with E-state index in [1.807, 2.05) is 4.90 Å². The van der Waals surface area contributed by atoms with Gasteiger partial charge in [0.05, 0.1) is 0 Å². The Labute approximate surface area is 147 Å². The predicted octanol–water partition coefficient (Wildman–Crippen LogP) is 6.83. The third-order valence-corrected chi connectivity index (χ3v) is 4.38. The second-order valence-corrected chi connectivity index (χ2v) is 6.95. The molecule has 0 atom stereocenters. The first-order valence-electron chi connectivity index (χ1n) is 10.3. The van der Waals surface area contributed by atoms with Gasteiger partial charge in [0, 0.05) is 13.1 Å². The van der Waals surface area contributed by atoms with Crippen LogP contribution in [0, 0.1) is 5.92 Å². The molecule has 2 nitrogen and oxygen atoms in total. The van der Waals surface area contributed by atoms with Crippen LogP contribution < -0.4 is 0 Å². The van der Waals surface area contributed by atoms with Crippen molar-refractivity contribution in [2.24, 2.45) is 5.92 Å². The van der Waals surface area contributed by atoms with Crippen molar-refractivity contribution in [2.45, 2.75) is 112 Å². The SMILES string of the molecule is CC1CCN(C=O)CC1.CCCCC.CCCCCCCCC. The first kappa shape index (κ1) is 24.7. The molecule has 0 bridgehead atoms. The summed E-state index contributed by atoms with van der Waals surface area (Å²) < 4.78 is 0. The van der Waals surface area contributed by atoms with E-state index in [1.165, 1.54) is 77.0 Å². The van der Waals surface area contributed by atoms with E-state index in [4.69, 9.17) is 0 Å². The van der Waals surface area contributed by atoms with Crippen molar-refractivity contribution in [1.29, 1.82) is 0 Å². The Morgan fingerprint density at radius 1 is 0.739 bits per heavy atom. The first-order chi connectivity index (χ1) is 11.2. The lowest BCUT2D eigenvalue weighted by Crippen LogP contribution is -2.31. The summed E-state index contributed by atoms with van der Waals surface area (Å²) in [5.41, 5.74) is 0. The number of carbonyl (C=O) groups excluding carboxylic acids is 1. The van der Waals surface area contributed by atoms with Gasteiger partial charge in [0.25, 0.3) is 0 Å². The normalized spacial score (nSPS) is 14.4. The quantitative estimate of drug-likeness (QED) is 0.336. The molecule has 0 unspecified atom stereocenters. The summed E-state index contributed by atoms with van der Waals surface area (Å²) in [6.45, 7) is 13.1. The van der Waals surface area contributed by atoms with E-state index in [9.17, 15) is 4.79 Å². The molecule has 0 N–H and O–H groups in total. The van der Waals surface area contributed by atoms with E-state index < -0.39 is 0 Å². The van der Waals surface area contributed by atoms with Crippen LogP contribution in [0.5, 0.6) is 0 Å². The van der Waals surface area contributed by atoms with Crippen molar-refractivity contribution in [1.82, 2.24) is 4.90 Å². The van der Waals surface area contributed by atoms with Gasteiger partial charge in [-0.2, -0.15) is 0 Å². The van der Waals surface area contributed by atoms with Crippen molar-refractivity contribution < 1.29 is 4.79 Å². The zero-order chi connectivity index (χ0) is 17.8. The van der Waals surface area contributed by atoms with Crippen molar-refractivity contribution >= 4 is 6.41 Å². The Bertz CT molecular complexity index is 202. The lowest BCUT2D eigenvalue weighted by Gasteiger charge is -2.26. The number of hydrogen-bond acceptors (Lipinski definition) is 1. The molecule has 2 heteroatoms. The fourth-order valence-electron chi connectivity index (χ4n) is 2.52. The van der Waals surface area contributed by atoms with Crippen LogP contribution in [0.2, 0.25) is 0 Å². The molecule has 1 aliphatic heterocycles. The van der Waals surface area contributed by atoms with Crippen LogP contribution >= 0.6 is 0 Å². The summed E-state index contributed by atoms with van der Waals surface area (Å²) in [6, 6.07) is 0. The van der Waals surface area contributed by atoms with Gasteiger partial charge in [0.2, 0.25) is 6.41 Å². The van der Waals surface area contributed by atoms with E-state index >= 15 is 0 Å². The molecule has 0 aliphatic carbocycles. The van der Waals surface area contributed by atoms with Gasteiger partial charge in [0.15, 0.2) is 0 Å². The first-order valence-corrected chi connectivity index (χ1v) is 10.3. The van der Waals surface area contributed by atoms with Crippen LogP contribution in [0.1, 0.15) is 112 Å². The average Bonchev–Trinajstić information content (AvgIpc) is 2.57. The maximum absolute atomic E-state index is 10.2. The van der Waals surface area contributed by atoms with Gasteiger partial charge in [0.1, 0.15) is 0 Å². The van der Waals surface area contributed by atoms with Gasteiger partial charge >= 0.3 is 0 Å². The van der Waals surface area contributed by atoms with Crippen LogP contribution in [-0.4, -0.2) is 24.4 Å². The van der Waals surface area contributed by atoms with E-state index in [-0.39, 0.29) is 0 Å². The van der Waals surface area contributed by atoms with Crippen molar-refractivity contribution in [3.63, 3.8) is 0 Å². The molecule has 0 aromatic carbocycles. The van der Waals surface area contributed by atoms with E-state index in [1.54, 1.807) is 0 Å². The molecule has 140 valence electrons. The Balaban J connectivity index is 0. The average molecular weight is 328 g/mol. The number of amides is 1. The minimum atomic E-state index is 0.821. The molecule has 1 saturated heterocycles. The van der Waals surface area contributed by atoms with Crippen molar-refractivity contribution in [2.75, 3.05) is 13.1 Å². The van der Waals surface area contributed by atoms with E-state index in [0.717, 1.165) is 25.4 Å². The van der Waals surface area contributed by atoms with Crippen LogP contribution in [0.25, 0.3) is 0 Å². The smallest absolute Gasteiger partial charge is 0.209 e. The van der Waals surface area contributed by atoms with Gasteiger partial charge in [-0.05, 0) is 18.8 Å². The highest BCUT2D eigenvalue weighted by atomic mass is 16.1. The molecular weight excluding hydrogens is 282 g/mol. The largest absolute Gasteiger partial charge is 0.345 e. The summed E-state index contributed by atoms with van der Waals surface area (Å²) in [7, 11) is 0. The second-order valence-electron chi connectivity index (χ2n) is 6.95. The highest BCUT2D eigenvalue weighted by Crippen LogP contribution is 2.13. The molecule has 0 saturated carbocycles. The number of unbranched alkanes of at least 4 members (excludes halogenated alkanes) is 8. The van der Waals surface area contributed by atoms with Gasteiger partial charge in [-0.25, -0.2) is 0 Å². The van der Waals surface area contributed by atoms with Gasteiger partial charge in [-0.15, -0.1) is 0 Å². The number of likely N-dealkylation sites (tertiary alicyclic amines) is 1. The number of rotatable bonds is 9. The second kappa shape index (κ2) is 21.5. The summed E-state index contributed by atoms with van der Waals surface area (Å²) >= 11 is 0. The zero-order valence-electron chi connectivity index (χ0n) is 16.9. The fraction of sp³-hybridized carbons (Fsp3) is 0.952. The van der Waals surface area contributed by atoms with E-state index in [0.29, 0.717) is 0 Å². The van der Waals surface area contributed by atoms with Gasteiger partial charge in [-0.3, -0.25) is 4.79 Å². The number of piperidine rings is 1. The van der Waals surface area contributed by atoms with Crippen molar-refractivity contribution in [3.05, 3.63) is 0 Å². The highest BCUT2D eigenvalue weighted by molar-refractivity contribution is 5.46. The van der Waals surface area contributed by atoms with Gasteiger partial charge in [-0.1, -0.05) is 98.8 Å². The maximum atomic E-state index is 10.2. The van der Waals surface area contributed by atoms with Crippen LogP contribution in [0.15, 0.2) is 0 Å². The summed E-state index contributed by atoms with van der Waals surface area (Å²) in [6.07, 6.45) is 17.4. The van der Waals surface area contributed by atoms with E-state index in [2.05, 4.69) is 34.6 Å². The minimum absolute atomic E-state index is 0.821. The Hall–Kier alpha value is -0.530. The molecule has 0 aromatic rings. The van der Waals surface area contributed by atoms with Crippen LogP contribution in [0.4, 0.5) is 0 Å². The highest BCUT2D eigenvalue weighted by Gasteiger charge is 2.12. The zero-order valence-corrected chi connectivity index (χ0v) is 16.9. The molecule has 1 fully saturated rings. The number of nitrogens with zero attached hydrogens (tertiary/aromatic N) is 1. The van der Waals surface area contributed by atoms with Gasteiger partial charge < -0.3 is 4.90 Å². The molecular formula is C21H45NO. The predicted molar refractivity (Wildman–Crippen MR) is 105 cm³/mol. The molecule has 1 amide bonds. The summed E-state index contributed by atoms with van der Waals surface area (Å²) in [4.78, 5) is 12.0. The molecule has 1 heterocycles. The van der Waals surface area contributed by atoms with Crippen molar-refractivity contribution in [3.8, 4) is 0 Å². The third kappa shape index (κ3) is 21.5. The molecule has 23 heavy (non-hydrogen) atoms. The molecule has 0 spiro atoms. The lowest BCUT2D eigenvalue weighted by atomic mass is 10.00. The maximum Gasteiger partial charge on any atom is 0.209 e. The topological polar surface area (TPSA) is 20.3 Å². The van der Waals surface area contributed by atoms with Crippen LogP contribution in [-0.2, 0) is 4.79 Å². The third-order valence-electron chi connectivity index (χ3n) is 4.38. The molecule has 1 aliphatic rings. The summed E-state index contributed by atoms with van der Waals surface area (Å²) in [5, 5.41) is 0. The minimum Gasteiger partial charge on any atom is -0.345 e.